The summed E-state index contributed by atoms with van der Waals surface area (Å²) in [6, 6.07) is 29.4. The second-order valence-corrected chi connectivity index (χ2v) is 8.39. The first-order chi connectivity index (χ1) is 17.6. The molecule has 0 aliphatic carbocycles. The number of fused-ring (bicyclic) bond motifs is 1. The van der Waals surface area contributed by atoms with Crippen molar-refractivity contribution in [1.29, 1.82) is 0 Å². The van der Waals surface area contributed by atoms with Gasteiger partial charge in [-0.3, -0.25) is 0 Å². The average Bonchev–Trinajstić information content (AvgIpc) is 2.94. The summed E-state index contributed by atoms with van der Waals surface area (Å²) < 4.78 is 10.2. The van der Waals surface area contributed by atoms with Gasteiger partial charge in [-0.2, -0.15) is 0 Å². The van der Waals surface area contributed by atoms with Crippen LogP contribution in [0.1, 0.15) is 17.5 Å². The van der Waals surface area contributed by atoms with E-state index >= 15 is 0 Å². The van der Waals surface area contributed by atoms with Gasteiger partial charge in [-0.25, -0.2) is 9.59 Å². The first kappa shape index (κ1) is 24.7. The number of aryl methyl sites for hydroxylation is 1. The highest BCUT2D eigenvalue weighted by Gasteiger charge is 2.10. The standard InChI is InChI=1S/C32H28O4/c1-3-31(33)35-21-7-8-23-11-15-25(16-12-23)27-19-20-28(30-10-6-5-9-29(27)30)26-17-13-24(14-18-26)22-36-32(34)4-2/h3-6,9-20H,1-2,7-8,21-22H2. The Bertz CT molecular complexity index is 1380. The molecule has 0 N–H and O–H groups in total. The lowest BCUT2D eigenvalue weighted by atomic mass is 9.91. The Balaban J connectivity index is 1.53. The average molecular weight is 477 g/mol. The molecule has 0 fully saturated rings. The number of esters is 2. The molecule has 4 heteroatoms. The van der Waals surface area contributed by atoms with E-state index in [4.69, 9.17) is 9.47 Å². The molecule has 4 aromatic rings. The zero-order valence-corrected chi connectivity index (χ0v) is 20.1. The van der Waals surface area contributed by atoms with Crippen molar-refractivity contribution in [2.45, 2.75) is 19.4 Å². The molecule has 4 aromatic carbocycles. The third-order valence-corrected chi connectivity index (χ3v) is 6.02. The van der Waals surface area contributed by atoms with E-state index in [0.717, 1.165) is 35.1 Å². The van der Waals surface area contributed by atoms with E-state index in [1.54, 1.807) is 0 Å². The highest BCUT2D eigenvalue weighted by Crippen LogP contribution is 2.35. The Morgan fingerprint density at radius 1 is 0.639 bits per heavy atom. The monoisotopic (exact) mass is 476 g/mol. The highest BCUT2D eigenvalue weighted by atomic mass is 16.5. The van der Waals surface area contributed by atoms with Crippen LogP contribution in [0.2, 0.25) is 0 Å². The smallest absolute Gasteiger partial charge is 0.330 e. The van der Waals surface area contributed by atoms with Gasteiger partial charge in [-0.05, 0) is 57.0 Å². The van der Waals surface area contributed by atoms with Crippen molar-refractivity contribution in [3.05, 3.63) is 121 Å². The maximum Gasteiger partial charge on any atom is 0.330 e. The zero-order valence-electron chi connectivity index (χ0n) is 20.1. The maximum atomic E-state index is 11.3. The predicted molar refractivity (Wildman–Crippen MR) is 144 cm³/mol. The normalized spacial score (nSPS) is 10.6. The molecule has 0 aliphatic rings. The quantitative estimate of drug-likeness (QED) is 0.140. The van der Waals surface area contributed by atoms with Crippen LogP contribution in [0.5, 0.6) is 0 Å². The summed E-state index contributed by atoms with van der Waals surface area (Å²) in [6.45, 7) is 7.44. The third-order valence-electron chi connectivity index (χ3n) is 6.02. The molecule has 0 atom stereocenters. The van der Waals surface area contributed by atoms with E-state index in [9.17, 15) is 9.59 Å². The van der Waals surface area contributed by atoms with Crippen molar-refractivity contribution in [2.24, 2.45) is 0 Å². The molecule has 0 bridgehead atoms. The molecule has 4 nitrogen and oxygen atoms in total. The van der Waals surface area contributed by atoms with Crippen molar-refractivity contribution < 1.29 is 19.1 Å². The molecule has 0 aliphatic heterocycles. The Labute approximate surface area is 211 Å². The van der Waals surface area contributed by atoms with Crippen molar-refractivity contribution in [3.8, 4) is 22.3 Å². The fourth-order valence-electron chi connectivity index (χ4n) is 4.16. The lowest BCUT2D eigenvalue weighted by molar-refractivity contribution is -0.139. The Morgan fingerprint density at radius 3 is 1.67 bits per heavy atom. The number of carbonyl (C=O) groups is 2. The second-order valence-electron chi connectivity index (χ2n) is 8.39. The minimum atomic E-state index is -0.428. The number of hydrogen-bond acceptors (Lipinski definition) is 4. The van der Waals surface area contributed by atoms with E-state index < -0.39 is 5.97 Å². The topological polar surface area (TPSA) is 52.6 Å². The zero-order chi connectivity index (χ0) is 25.3. The van der Waals surface area contributed by atoms with Gasteiger partial charge in [0, 0.05) is 12.2 Å². The van der Waals surface area contributed by atoms with Gasteiger partial charge in [0.2, 0.25) is 0 Å². The number of benzene rings is 4. The lowest BCUT2D eigenvalue weighted by Gasteiger charge is -2.13. The van der Waals surface area contributed by atoms with Gasteiger partial charge in [-0.1, -0.05) is 98.1 Å². The summed E-state index contributed by atoms with van der Waals surface area (Å²) in [5.41, 5.74) is 6.70. The van der Waals surface area contributed by atoms with Gasteiger partial charge in [0.15, 0.2) is 0 Å². The van der Waals surface area contributed by atoms with Crippen molar-refractivity contribution in [2.75, 3.05) is 6.61 Å². The van der Waals surface area contributed by atoms with Crippen LogP contribution in [0.4, 0.5) is 0 Å². The predicted octanol–water partition coefficient (Wildman–Crippen LogP) is 7.06. The molecule has 0 unspecified atom stereocenters. The summed E-state index contributed by atoms with van der Waals surface area (Å²) in [5, 5.41) is 2.36. The summed E-state index contributed by atoms with van der Waals surface area (Å²) in [7, 11) is 0. The lowest BCUT2D eigenvalue weighted by Crippen LogP contribution is -2.02. The van der Waals surface area contributed by atoms with Crippen molar-refractivity contribution >= 4 is 22.7 Å². The fraction of sp³-hybridized carbons (Fsp3) is 0.125. The van der Waals surface area contributed by atoms with Crippen LogP contribution in [0.3, 0.4) is 0 Å². The Kier molecular flexibility index (Phi) is 8.09. The molecule has 0 spiro atoms. The fourth-order valence-corrected chi connectivity index (χ4v) is 4.16. The van der Waals surface area contributed by atoms with E-state index in [2.05, 4.69) is 86.0 Å². The summed E-state index contributed by atoms with van der Waals surface area (Å²) in [4.78, 5) is 22.5. The maximum absolute atomic E-state index is 11.3. The van der Waals surface area contributed by atoms with Crippen LogP contribution in [-0.4, -0.2) is 18.5 Å². The molecular formula is C32H28O4. The molecule has 0 heterocycles. The number of carbonyl (C=O) groups excluding carboxylic acids is 2. The van der Waals surface area contributed by atoms with Gasteiger partial charge in [0.1, 0.15) is 6.61 Å². The van der Waals surface area contributed by atoms with Crippen LogP contribution in [0, 0.1) is 0 Å². The van der Waals surface area contributed by atoms with E-state index in [0.29, 0.717) is 6.61 Å². The van der Waals surface area contributed by atoms with Crippen LogP contribution in [0.15, 0.2) is 110 Å². The molecule has 0 saturated carbocycles. The minimum Gasteiger partial charge on any atom is -0.463 e. The third kappa shape index (κ3) is 5.97. The second kappa shape index (κ2) is 11.8. The number of rotatable bonds is 10. The van der Waals surface area contributed by atoms with Crippen molar-refractivity contribution in [1.82, 2.24) is 0 Å². The van der Waals surface area contributed by atoms with Gasteiger partial charge in [-0.15, -0.1) is 0 Å². The summed E-state index contributed by atoms with van der Waals surface area (Å²) >= 11 is 0. The van der Waals surface area contributed by atoms with Crippen LogP contribution in [-0.2, 0) is 32.1 Å². The van der Waals surface area contributed by atoms with E-state index in [-0.39, 0.29) is 12.6 Å². The van der Waals surface area contributed by atoms with Crippen LogP contribution >= 0.6 is 0 Å². The van der Waals surface area contributed by atoms with Crippen LogP contribution < -0.4 is 0 Å². The molecule has 0 saturated heterocycles. The van der Waals surface area contributed by atoms with Crippen molar-refractivity contribution in [3.63, 3.8) is 0 Å². The molecule has 4 rings (SSSR count). The molecule has 36 heavy (non-hydrogen) atoms. The van der Waals surface area contributed by atoms with E-state index in [1.807, 2.05) is 12.1 Å². The minimum absolute atomic E-state index is 0.223. The van der Waals surface area contributed by atoms with Gasteiger partial charge in [0.05, 0.1) is 6.61 Å². The van der Waals surface area contributed by atoms with Gasteiger partial charge >= 0.3 is 11.9 Å². The van der Waals surface area contributed by atoms with Crippen LogP contribution in [0.25, 0.3) is 33.0 Å². The molecule has 180 valence electrons. The van der Waals surface area contributed by atoms with Gasteiger partial charge < -0.3 is 9.47 Å². The Hall–Kier alpha value is -4.44. The molecule has 0 aromatic heterocycles. The molecule has 0 radical (unpaired) electrons. The van der Waals surface area contributed by atoms with E-state index in [1.165, 1.54) is 34.1 Å². The first-order valence-corrected chi connectivity index (χ1v) is 11.9. The molecule has 0 amide bonds. The Morgan fingerprint density at radius 2 is 1.14 bits per heavy atom. The SMILES string of the molecule is C=CC(=O)OCCCc1ccc(-c2ccc(-c3ccc(COC(=O)C=C)cc3)c3ccccc23)cc1. The number of hydrogen-bond donors (Lipinski definition) is 0. The highest BCUT2D eigenvalue weighted by molar-refractivity contribution is 6.04. The largest absolute Gasteiger partial charge is 0.463 e. The first-order valence-electron chi connectivity index (χ1n) is 11.9. The van der Waals surface area contributed by atoms with Gasteiger partial charge in [0.25, 0.3) is 0 Å². The molecular weight excluding hydrogens is 448 g/mol. The summed E-state index contributed by atoms with van der Waals surface area (Å²) in [6.07, 6.45) is 3.96. The number of ether oxygens (including phenoxy) is 2. The summed E-state index contributed by atoms with van der Waals surface area (Å²) in [5.74, 6) is -0.812.